The lowest BCUT2D eigenvalue weighted by Gasteiger charge is -2.17. The first-order chi connectivity index (χ1) is 7.20. The van der Waals surface area contributed by atoms with Crippen LogP contribution in [0.15, 0.2) is 42.5 Å². The normalized spacial score (nSPS) is 10.3. The molecular weight excluding hydrogens is 186 g/mol. The van der Waals surface area contributed by atoms with Gasteiger partial charge in [-0.15, -0.1) is 0 Å². The Morgan fingerprint density at radius 2 is 1.73 bits per heavy atom. The summed E-state index contributed by atoms with van der Waals surface area (Å²) in [6.45, 7) is 1.57. The van der Waals surface area contributed by atoms with Gasteiger partial charge in [-0.2, -0.15) is 0 Å². The van der Waals surface area contributed by atoms with Crippen molar-refractivity contribution in [2.45, 2.75) is 6.92 Å². The van der Waals surface area contributed by atoms with E-state index in [1.54, 1.807) is 18.9 Å². The second kappa shape index (κ2) is 3.73. The maximum Gasteiger partial charge on any atom is 0.223 e. The third kappa shape index (κ3) is 1.71. The average molecular weight is 199 g/mol. The molecule has 76 valence electrons. The van der Waals surface area contributed by atoms with Gasteiger partial charge < -0.3 is 4.90 Å². The van der Waals surface area contributed by atoms with Gasteiger partial charge >= 0.3 is 0 Å². The summed E-state index contributed by atoms with van der Waals surface area (Å²) in [6.07, 6.45) is 0. The Hall–Kier alpha value is -1.83. The van der Waals surface area contributed by atoms with Gasteiger partial charge in [0.15, 0.2) is 0 Å². The van der Waals surface area contributed by atoms with Crippen molar-refractivity contribution in [3.8, 4) is 0 Å². The molecule has 0 aliphatic heterocycles. The summed E-state index contributed by atoms with van der Waals surface area (Å²) in [5, 5.41) is 2.26. The van der Waals surface area contributed by atoms with Crippen LogP contribution < -0.4 is 4.90 Å². The molecule has 15 heavy (non-hydrogen) atoms. The van der Waals surface area contributed by atoms with Crippen LogP contribution in [-0.4, -0.2) is 13.0 Å². The smallest absolute Gasteiger partial charge is 0.223 e. The van der Waals surface area contributed by atoms with E-state index in [0.717, 1.165) is 16.5 Å². The van der Waals surface area contributed by atoms with Gasteiger partial charge in [-0.25, -0.2) is 0 Å². The molecule has 0 N–H and O–H groups in total. The lowest BCUT2D eigenvalue weighted by Crippen LogP contribution is -2.22. The summed E-state index contributed by atoms with van der Waals surface area (Å²) in [4.78, 5) is 13.0. The fourth-order valence-corrected chi connectivity index (χ4v) is 1.67. The fraction of sp³-hybridized carbons (Fsp3) is 0.154. The highest BCUT2D eigenvalue weighted by Crippen LogP contribution is 2.25. The van der Waals surface area contributed by atoms with Gasteiger partial charge in [-0.05, 0) is 11.5 Å². The molecule has 0 heterocycles. The van der Waals surface area contributed by atoms with Crippen LogP contribution in [0, 0.1) is 0 Å². The minimum Gasteiger partial charge on any atom is -0.315 e. The van der Waals surface area contributed by atoms with Crippen molar-refractivity contribution in [2.24, 2.45) is 0 Å². The van der Waals surface area contributed by atoms with Gasteiger partial charge in [-0.3, -0.25) is 4.79 Å². The fourth-order valence-electron chi connectivity index (χ4n) is 1.67. The summed E-state index contributed by atoms with van der Waals surface area (Å²) in [5.41, 5.74) is 0.959. The van der Waals surface area contributed by atoms with E-state index in [9.17, 15) is 4.79 Å². The molecule has 0 bridgehead atoms. The number of benzene rings is 2. The average Bonchev–Trinajstić information content (AvgIpc) is 2.27. The molecule has 0 radical (unpaired) electrons. The predicted molar refractivity (Wildman–Crippen MR) is 63.0 cm³/mol. The molecule has 0 spiro atoms. The van der Waals surface area contributed by atoms with E-state index in [4.69, 9.17) is 0 Å². The van der Waals surface area contributed by atoms with Gasteiger partial charge in [0.25, 0.3) is 0 Å². The molecule has 0 aromatic heterocycles. The Bertz CT molecular complexity index is 499. The van der Waals surface area contributed by atoms with Crippen LogP contribution in [0.4, 0.5) is 5.69 Å². The largest absolute Gasteiger partial charge is 0.315 e. The maximum atomic E-state index is 11.3. The summed E-state index contributed by atoms with van der Waals surface area (Å²) in [7, 11) is 1.80. The minimum atomic E-state index is 0.0475. The first kappa shape index (κ1) is 9.71. The van der Waals surface area contributed by atoms with Crippen LogP contribution in [-0.2, 0) is 4.79 Å². The van der Waals surface area contributed by atoms with Crippen LogP contribution in [0.2, 0.25) is 0 Å². The summed E-state index contributed by atoms with van der Waals surface area (Å²) >= 11 is 0. The number of hydrogen-bond acceptors (Lipinski definition) is 1. The van der Waals surface area contributed by atoms with Crippen molar-refractivity contribution < 1.29 is 4.79 Å². The Morgan fingerprint density at radius 3 is 2.47 bits per heavy atom. The summed E-state index contributed by atoms with van der Waals surface area (Å²) < 4.78 is 0. The monoisotopic (exact) mass is 199 g/mol. The van der Waals surface area contributed by atoms with E-state index in [2.05, 4.69) is 0 Å². The Kier molecular flexibility index (Phi) is 2.42. The van der Waals surface area contributed by atoms with Crippen LogP contribution in [0.5, 0.6) is 0 Å². The van der Waals surface area contributed by atoms with E-state index >= 15 is 0 Å². The van der Waals surface area contributed by atoms with Crippen molar-refractivity contribution in [1.29, 1.82) is 0 Å². The molecule has 0 fully saturated rings. The number of fused-ring (bicyclic) bond motifs is 1. The van der Waals surface area contributed by atoms with Crippen LogP contribution in [0.25, 0.3) is 10.8 Å². The minimum absolute atomic E-state index is 0.0475. The van der Waals surface area contributed by atoms with Gasteiger partial charge in [0.05, 0.1) is 5.69 Å². The molecule has 2 aromatic rings. The second-order valence-electron chi connectivity index (χ2n) is 3.58. The number of rotatable bonds is 1. The Morgan fingerprint density at radius 1 is 1.07 bits per heavy atom. The highest BCUT2D eigenvalue weighted by Gasteiger charge is 2.08. The molecule has 2 aromatic carbocycles. The Labute approximate surface area is 89.1 Å². The van der Waals surface area contributed by atoms with E-state index in [-0.39, 0.29) is 5.91 Å². The first-order valence-corrected chi connectivity index (χ1v) is 4.92. The van der Waals surface area contributed by atoms with Gasteiger partial charge in [0, 0.05) is 19.4 Å². The molecule has 0 aliphatic carbocycles. The lowest BCUT2D eigenvalue weighted by molar-refractivity contribution is -0.116. The zero-order chi connectivity index (χ0) is 10.8. The van der Waals surface area contributed by atoms with Crippen molar-refractivity contribution in [3.05, 3.63) is 42.5 Å². The number of nitrogens with zero attached hydrogens (tertiary/aromatic N) is 1. The standard InChI is InChI=1S/C13H13NO/c1-10(15)14(2)13-9-5-7-11-6-3-4-8-12(11)13/h3-9H,1-2H3. The highest BCUT2D eigenvalue weighted by molar-refractivity contribution is 6.02. The molecular formula is C13H13NO. The molecule has 1 amide bonds. The van der Waals surface area contributed by atoms with Crippen molar-refractivity contribution in [1.82, 2.24) is 0 Å². The molecule has 0 unspecified atom stereocenters. The summed E-state index contributed by atoms with van der Waals surface area (Å²) in [6, 6.07) is 14.0. The number of hydrogen-bond donors (Lipinski definition) is 0. The van der Waals surface area contributed by atoms with Crippen LogP contribution >= 0.6 is 0 Å². The van der Waals surface area contributed by atoms with Gasteiger partial charge in [-0.1, -0.05) is 36.4 Å². The van der Waals surface area contributed by atoms with Crippen LogP contribution in [0.1, 0.15) is 6.92 Å². The zero-order valence-electron chi connectivity index (χ0n) is 8.90. The first-order valence-electron chi connectivity index (χ1n) is 4.92. The maximum absolute atomic E-state index is 11.3. The van der Waals surface area contributed by atoms with E-state index < -0.39 is 0 Å². The third-order valence-corrected chi connectivity index (χ3v) is 2.60. The molecule has 0 aliphatic rings. The predicted octanol–water partition coefficient (Wildman–Crippen LogP) is 2.82. The second-order valence-corrected chi connectivity index (χ2v) is 3.58. The molecule has 2 heteroatoms. The van der Waals surface area contributed by atoms with Gasteiger partial charge in [0.2, 0.25) is 5.91 Å². The molecule has 2 nitrogen and oxygen atoms in total. The molecule has 2 rings (SSSR count). The van der Waals surface area contributed by atoms with Crippen molar-refractivity contribution in [2.75, 3.05) is 11.9 Å². The van der Waals surface area contributed by atoms with Gasteiger partial charge in [0.1, 0.15) is 0 Å². The van der Waals surface area contributed by atoms with Crippen molar-refractivity contribution in [3.63, 3.8) is 0 Å². The van der Waals surface area contributed by atoms with E-state index in [1.165, 1.54) is 0 Å². The third-order valence-electron chi connectivity index (χ3n) is 2.60. The number of anilines is 1. The molecule has 0 saturated heterocycles. The zero-order valence-corrected chi connectivity index (χ0v) is 8.90. The summed E-state index contributed by atoms with van der Waals surface area (Å²) in [5.74, 6) is 0.0475. The molecule has 0 atom stereocenters. The van der Waals surface area contributed by atoms with E-state index in [0.29, 0.717) is 0 Å². The quantitative estimate of drug-likeness (QED) is 0.691. The lowest BCUT2D eigenvalue weighted by atomic mass is 10.1. The number of amides is 1. The number of carbonyl (C=O) groups is 1. The molecule has 0 saturated carbocycles. The topological polar surface area (TPSA) is 20.3 Å². The van der Waals surface area contributed by atoms with Crippen molar-refractivity contribution >= 4 is 22.4 Å². The Balaban J connectivity index is 2.65. The SMILES string of the molecule is CC(=O)N(C)c1cccc2ccccc12. The highest BCUT2D eigenvalue weighted by atomic mass is 16.2. The number of carbonyl (C=O) groups excluding carboxylic acids is 1. The van der Waals surface area contributed by atoms with Crippen LogP contribution in [0.3, 0.4) is 0 Å². The van der Waals surface area contributed by atoms with E-state index in [1.807, 2.05) is 42.5 Å².